The van der Waals surface area contributed by atoms with E-state index < -0.39 is 0 Å². The zero-order chi connectivity index (χ0) is 16.9. The first-order valence-corrected chi connectivity index (χ1v) is 8.13. The molecule has 6 heteroatoms. The topological polar surface area (TPSA) is 75.2 Å². The number of carbonyl (C=O) groups is 2. The summed E-state index contributed by atoms with van der Waals surface area (Å²) < 4.78 is 0. The normalized spacial score (nSPS) is 14.3. The Balaban J connectivity index is 1.68. The minimum Gasteiger partial charge on any atom is -0.341 e. The van der Waals surface area contributed by atoms with Crippen LogP contribution in [0.1, 0.15) is 46.9 Å². The van der Waals surface area contributed by atoms with Crippen LogP contribution in [-0.2, 0) is 0 Å². The second kappa shape index (κ2) is 7.21. The molecule has 0 aliphatic carbocycles. The number of piperidine rings is 1. The molecule has 0 bridgehead atoms. The molecule has 124 valence electrons. The van der Waals surface area contributed by atoms with Crippen molar-refractivity contribution in [3.63, 3.8) is 0 Å². The van der Waals surface area contributed by atoms with E-state index in [9.17, 15) is 9.59 Å². The third-order valence-electron chi connectivity index (χ3n) is 4.07. The molecule has 1 aliphatic heterocycles. The highest BCUT2D eigenvalue weighted by molar-refractivity contribution is 6.04. The molecule has 0 spiro atoms. The molecule has 1 aliphatic rings. The SMILES string of the molecule is CC(=O)c1cccc(NC(=O)c2cnc(N3CCCCC3)nc2)c1. The number of nitrogens with one attached hydrogen (secondary N) is 1. The molecule has 1 fully saturated rings. The van der Waals surface area contributed by atoms with Crippen LogP contribution in [-0.4, -0.2) is 34.7 Å². The van der Waals surface area contributed by atoms with Crippen molar-refractivity contribution in [2.24, 2.45) is 0 Å². The molecule has 2 aromatic rings. The van der Waals surface area contributed by atoms with Crippen molar-refractivity contribution < 1.29 is 9.59 Å². The number of Topliss-reactive ketones (excluding diaryl/α,β-unsaturated/α-hetero) is 1. The van der Waals surface area contributed by atoms with Crippen LogP contribution in [0.3, 0.4) is 0 Å². The highest BCUT2D eigenvalue weighted by Crippen LogP contribution is 2.16. The number of anilines is 2. The van der Waals surface area contributed by atoms with Crippen LogP contribution in [0.5, 0.6) is 0 Å². The van der Waals surface area contributed by atoms with Gasteiger partial charge in [-0.3, -0.25) is 9.59 Å². The molecule has 3 rings (SSSR count). The number of benzene rings is 1. The van der Waals surface area contributed by atoms with Gasteiger partial charge in [0.1, 0.15) is 0 Å². The number of carbonyl (C=O) groups excluding carboxylic acids is 2. The molecule has 0 atom stereocenters. The van der Waals surface area contributed by atoms with Crippen LogP contribution in [0.2, 0.25) is 0 Å². The molecule has 0 radical (unpaired) electrons. The first kappa shape index (κ1) is 16.1. The average Bonchev–Trinajstić information content (AvgIpc) is 2.63. The van der Waals surface area contributed by atoms with Crippen LogP contribution in [0, 0.1) is 0 Å². The van der Waals surface area contributed by atoms with Crippen molar-refractivity contribution in [2.75, 3.05) is 23.3 Å². The van der Waals surface area contributed by atoms with Gasteiger partial charge in [0, 0.05) is 36.7 Å². The zero-order valence-corrected chi connectivity index (χ0v) is 13.7. The summed E-state index contributed by atoms with van der Waals surface area (Å²) in [4.78, 5) is 34.5. The smallest absolute Gasteiger partial charge is 0.258 e. The molecule has 1 saturated heterocycles. The summed E-state index contributed by atoms with van der Waals surface area (Å²) in [5.41, 5.74) is 1.53. The highest BCUT2D eigenvalue weighted by Gasteiger charge is 2.14. The molecule has 2 heterocycles. The first-order chi connectivity index (χ1) is 11.6. The van der Waals surface area contributed by atoms with E-state index in [1.165, 1.54) is 13.3 Å². The third-order valence-corrected chi connectivity index (χ3v) is 4.07. The molecule has 6 nitrogen and oxygen atoms in total. The Kier molecular flexibility index (Phi) is 4.84. The molecule has 24 heavy (non-hydrogen) atoms. The lowest BCUT2D eigenvalue weighted by molar-refractivity contribution is 0.101. The maximum Gasteiger partial charge on any atom is 0.258 e. The van der Waals surface area contributed by atoms with Crippen molar-refractivity contribution in [1.82, 2.24) is 9.97 Å². The Morgan fingerprint density at radius 1 is 1.04 bits per heavy atom. The molecular formula is C18H20N4O2. The van der Waals surface area contributed by atoms with Gasteiger partial charge in [0.05, 0.1) is 5.56 Å². The zero-order valence-electron chi connectivity index (χ0n) is 13.7. The molecule has 1 aromatic heterocycles. The molecule has 1 aromatic carbocycles. The Bertz CT molecular complexity index is 737. The summed E-state index contributed by atoms with van der Waals surface area (Å²) >= 11 is 0. The van der Waals surface area contributed by atoms with Gasteiger partial charge in [0.25, 0.3) is 5.91 Å². The summed E-state index contributed by atoms with van der Waals surface area (Å²) in [6.07, 6.45) is 6.63. The fourth-order valence-electron chi connectivity index (χ4n) is 2.71. The van der Waals surface area contributed by atoms with E-state index in [4.69, 9.17) is 0 Å². The first-order valence-electron chi connectivity index (χ1n) is 8.13. The second-order valence-electron chi connectivity index (χ2n) is 5.91. The van der Waals surface area contributed by atoms with Gasteiger partial charge >= 0.3 is 0 Å². The van der Waals surface area contributed by atoms with E-state index >= 15 is 0 Å². The van der Waals surface area contributed by atoms with Gasteiger partial charge < -0.3 is 10.2 Å². The van der Waals surface area contributed by atoms with Gasteiger partial charge in [-0.1, -0.05) is 12.1 Å². The number of hydrogen-bond acceptors (Lipinski definition) is 5. The van der Waals surface area contributed by atoms with Crippen LogP contribution in [0.15, 0.2) is 36.7 Å². The van der Waals surface area contributed by atoms with Crippen LogP contribution >= 0.6 is 0 Å². The molecule has 0 saturated carbocycles. The molecule has 1 amide bonds. The summed E-state index contributed by atoms with van der Waals surface area (Å²) in [6, 6.07) is 6.85. The van der Waals surface area contributed by atoms with Crippen molar-refractivity contribution in [2.45, 2.75) is 26.2 Å². The summed E-state index contributed by atoms with van der Waals surface area (Å²) in [5.74, 6) is 0.339. The van der Waals surface area contributed by atoms with Crippen molar-refractivity contribution >= 4 is 23.3 Å². The predicted molar refractivity (Wildman–Crippen MR) is 92.5 cm³/mol. The summed E-state index contributed by atoms with van der Waals surface area (Å²) in [6.45, 7) is 3.42. The number of amides is 1. The van der Waals surface area contributed by atoms with E-state index in [0.717, 1.165) is 25.9 Å². The Labute approximate surface area is 140 Å². The second-order valence-corrected chi connectivity index (χ2v) is 5.91. The predicted octanol–water partition coefficient (Wildman–Crippen LogP) is 2.92. The average molecular weight is 324 g/mol. The lowest BCUT2D eigenvalue weighted by Gasteiger charge is -2.26. The molecular weight excluding hydrogens is 304 g/mol. The molecule has 1 N–H and O–H groups in total. The maximum atomic E-state index is 12.3. The largest absolute Gasteiger partial charge is 0.341 e. The Hall–Kier alpha value is -2.76. The Morgan fingerprint density at radius 2 is 1.75 bits per heavy atom. The van der Waals surface area contributed by atoms with Crippen molar-refractivity contribution in [3.05, 3.63) is 47.8 Å². The van der Waals surface area contributed by atoms with Crippen LogP contribution in [0.4, 0.5) is 11.6 Å². The molecule has 0 unspecified atom stereocenters. The van der Waals surface area contributed by atoms with E-state index in [2.05, 4.69) is 20.2 Å². The lowest BCUT2D eigenvalue weighted by Crippen LogP contribution is -2.31. The van der Waals surface area contributed by atoms with E-state index in [1.807, 2.05) is 0 Å². The van der Waals surface area contributed by atoms with Gasteiger partial charge in [-0.25, -0.2) is 9.97 Å². The lowest BCUT2D eigenvalue weighted by atomic mass is 10.1. The van der Waals surface area contributed by atoms with E-state index in [1.54, 1.807) is 36.7 Å². The number of aromatic nitrogens is 2. The maximum absolute atomic E-state index is 12.3. The quantitative estimate of drug-likeness (QED) is 0.875. The van der Waals surface area contributed by atoms with Gasteiger partial charge in [-0.15, -0.1) is 0 Å². The van der Waals surface area contributed by atoms with Gasteiger partial charge in [-0.05, 0) is 38.3 Å². The minimum absolute atomic E-state index is 0.0414. The number of nitrogens with zero attached hydrogens (tertiary/aromatic N) is 3. The monoisotopic (exact) mass is 324 g/mol. The Morgan fingerprint density at radius 3 is 2.42 bits per heavy atom. The van der Waals surface area contributed by atoms with Gasteiger partial charge in [-0.2, -0.15) is 0 Å². The third kappa shape index (κ3) is 3.76. The van der Waals surface area contributed by atoms with E-state index in [-0.39, 0.29) is 11.7 Å². The number of ketones is 1. The summed E-state index contributed by atoms with van der Waals surface area (Å²) in [5, 5.41) is 2.77. The standard InChI is InChI=1S/C18H20N4O2/c1-13(23)14-6-5-7-16(10-14)21-17(24)15-11-19-18(20-12-15)22-8-3-2-4-9-22/h5-7,10-12H,2-4,8-9H2,1H3,(H,21,24). The fourth-order valence-corrected chi connectivity index (χ4v) is 2.71. The fraction of sp³-hybridized carbons (Fsp3) is 0.333. The van der Waals surface area contributed by atoms with Crippen LogP contribution < -0.4 is 10.2 Å². The van der Waals surface area contributed by atoms with Crippen molar-refractivity contribution in [1.29, 1.82) is 0 Å². The van der Waals surface area contributed by atoms with E-state index in [0.29, 0.717) is 22.8 Å². The summed E-state index contributed by atoms with van der Waals surface area (Å²) in [7, 11) is 0. The highest BCUT2D eigenvalue weighted by atomic mass is 16.1. The van der Waals surface area contributed by atoms with Crippen molar-refractivity contribution in [3.8, 4) is 0 Å². The van der Waals surface area contributed by atoms with Gasteiger partial charge in [0.15, 0.2) is 5.78 Å². The number of hydrogen-bond donors (Lipinski definition) is 1. The minimum atomic E-state index is -0.291. The van der Waals surface area contributed by atoms with Gasteiger partial charge in [0.2, 0.25) is 5.95 Å². The van der Waals surface area contributed by atoms with Crippen LogP contribution in [0.25, 0.3) is 0 Å². The number of rotatable bonds is 4.